The maximum atomic E-state index is 12.5. The lowest BCUT2D eigenvalue weighted by molar-refractivity contribution is -0.187. The molecule has 0 bridgehead atoms. The predicted molar refractivity (Wildman–Crippen MR) is 150 cm³/mol. The lowest BCUT2D eigenvalue weighted by atomic mass is 10.3. The van der Waals surface area contributed by atoms with E-state index in [0.717, 1.165) is 5.06 Å². The van der Waals surface area contributed by atoms with Crippen LogP contribution in [0.3, 0.4) is 0 Å². The van der Waals surface area contributed by atoms with E-state index in [1.807, 2.05) is 0 Å². The van der Waals surface area contributed by atoms with E-state index < -0.39 is 5.97 Å². The molecule has 0 aliphatic carbocycles. The number of carbonyl (C=O) groups excluding carboxylic acids is 6. The van der Waals surface area contributed by atoms with Gasteiger partial charge in [-0.15, -0.1) is 24.1 Å². The van der Waals surface area contributed by atoms with Crippen LogP contribution < -0.4 is 5.32 Å². The minimum absolute atomic E-state index is 0.0319. The number of hydroxylamine groups is 2. The summed E-state index contributed by atoms with van der Waals surface area (Å²) in [5, 5.41) is 2.66. The molecule has 2 rings (SSSR count). The standard InChI is InChI=1S/C23H34N2O9S.C4H5NO2/c1-3-11-30-13-15-32-17-18-33-16-14-31-12-8-20(26)24(10-7-23(29)35)9-6-22(28)34-25-19(2)4-5-21(25)27;6-3-1-2-4(7)5-3/h1H,2,4-18H2,(H,29,35);1-2H2,(H,5,6,7). The molecule has 15 heteroatoms. The molecule has 2 fully saturated rings. The SMILES string of the molecule is C#CCOCCOCCOCCOCCC(=O)N(CCC(=O)S)CCC(=O)ON1C(=C)CCC1=O.O=C1CCC(=O)N1. The summed E-state index contributed by atoms with van der Waals surface area (Å²) >= 11 is 3.72. The van der Waals surface area contributed by atoms with E-state index in [2.05, 4.69) is 30.4 Å². The summed E-state index contributed by atoms with van der Waals surface area (Å²) in [6, 6.07) is 0. The van der Waals surface area contributed by atoms with E-state index in [1.165, 1.54) is 4.90 Å². The molecule has 4 amide bonds. The van der Waals surface area contributed by atoms with E-state index >= 15 is 0 Å². The van der Waals surface area contributed by atoms with Gasteiger partial charge in [0, 0.05) is 38.8 Å². The number of hydrogen-bond acceptors (Lipinski definition) is 11. The van der Waals surface area contributed by atoms with Crippen LogP contribution in [-0.2, 0) is 52.6 Å². The lowest BCUT2D eigenvalue weighted by Gasteiger charge is -2.22. The Hall–Kier alpha value is -3.29. The Balaban J connectivity index is 0.00000109. The maximum absolute atomic E-state index is 12.5. The van der Waals surface area contributed by atoms with E-state index in [1.54, 1.807) is 0 Å². The van der Waals surface area contributed by atoms with E-state index in [9.17, 15) is 28.8 Å². The van der Waals surface area contributed by atoms with Crippen LogP contribution in [0.25, 0.3) is 0 Å². The van der Waals surface area contributed by atoms with Crippen molar-refractivity contribution in [2.45, 2.75) is 44.9 Å². The largest absolute Gasteiger partial charge is 0.379 e. The first-order valence-electron chi connectivity index (χ1n) is 13.4. The summed E-state index contributed by atoms with van der Waals surface area (Å²) in [5.41, 5.74) is 0.413. The third-order valence-corrected chi connectivity index (χ3v) is 5.71. The fraction of sp³-hybridized carbons (Fsp3) is 0.630. The second-order valence-electron chi connectivity index (χ2n) is 8.81. The molecule has 0 aromatic carbocycles. The van der Waals surface area contributed by atoms with Gasteiger partial charge in [0.2, 0.25) is 17.7 Å². The zero-order chi connectivity index (χ0) is 31.2. The van der Waals surface area contributed by atoms with E-state index in [0.29, 0.717) is 64.6 Å². The van der Waals surface area contributed by atoms with Gasteiger partial charge in [-0.1, -0.05) is 12.5 Å². The van der Waals surface area contributed by atoms with Crippen LogP contribution in [0.15, 0.2) is 12.3 Å². The summed E-state index contributed by atoms with van der Waals surface area (Å²) in [7, 11) is 0. The van der Waals surface area contributed by atoms with E-state index in [-0.39, 0.29) is 80.7 Å². The molecule has 0 radical (unpaired) electrons. The van der Waals surface area contributed by atoms with Crippen molar-refractivity contribution < 1.29 is 52.6 Å². The number of hydrogen-bond donors (Lipinski definition) is 2. The molecule has 42 heavy (non-hydrogen) atoms. The first-order chi connectivity index (χ1) is 20.1. The van der Waals surface area contributed by atoms with Crippen molar-refractivity contribution in [2.24, 2.45) is 0 Å². The van der Waals surface area contributed by atoms with Gasteiger partial charge in [-0.25, -0.2) is 4.79 Å². The number of nitrogens with zero attached hydrogens (tertiary/aromatic N) is 2. The number of nitrogens with one attached hydrogen (secondary N) is 1. The Kier molecular flexibility index (Phi) is 19.5. The van der Waals surface area contributed by atoms with Gasteiger partial charge in [0.1, 0.15) is 6.61 Å². The minimum atomic E-state index is -0.672. The molecule has 2 saturated heterocycles. The number of rotatable bonds is 20. The summed E-state index contributed by atoms with van der Waals surface area (Å²) in [4.78, 5) is 74.2. The molecule has 14 nitrogen and oxygen atoms in total. The van der Waals surface area contributed by atoms with Gasteiger partial charge >= 0.3 is 5.97 Å². The monoisotopic (exact) mass is 613 g/mol. The van der Waals surface area contributed by atoms with Crippen LogP contribution in [0, 0.1) is 12.3 Å². The molecule has 0 atom stereocenters. The van der Waals surface area contributed by atoms with Crippen LogP contribution in [-0.4, -0.2) is 111 Å². The van der Waals surface area contributed by atoms with Crippen molar-refractivity contribution in [3.8, 4) is 12.3 Å². The number of imide groups is 1. The number of amides is 4. The molecular formula is C27H39N3O11S. The molecule has 0 aromatic heterocycles. The molecule has 2 heterocycles. The topological polar surface area (TPSA) is 167 Å². The van der Waals surface area contributed by atoms with Gasteiger partial charge in [0.05, 0.1) is 64.8 Å². The van der Waals surface area contributed by atoms with Gasteiger partial charge in [0.15, 0.2) is 5.12 Å². The zero-order valence-electron chi connectivity index (χ0n) is 23.6. The minimum Gasteiger partial charge on any atom is -0.379 e. The third kappa shape index (κ3) is 17.5. The van der Waals surface area contributed by atoms with Crippen molar-refractivity contribution in [1.29, 1.82) is 0 Å². The zero-order valence-corrected chi connectivity index (χ0v) is 24.5. The molecular weight excluding hydrogens is 574 g/mol. The van der Waals surface area contributed by atoms with Crippen LogP contribution in [0.5, 0.6) is 0 Å². The number of allylic oxidation sites excluding steroid dienone is 1. The highest BCUT2D eigenvalue weighted by atomic mass is 32.1. The van der Waals surface area contributed by atoms with Crippen LogP contribution in [0.4, 0.5) is 0 Å². The Bertz CT molecular complexity index is 953. The second-order valence-corrected chi connectivity index (χ2v) is 9.31. The first kappa shape index (κ1) is 36.7. The molecule has 0 spiro atoms. The predicted octanol–water partition coefficient (Wildman–Crippen LogP) is 0.159. The smallest absolute Gasteiger partial charge is 0.334 e. The molecule has 2 aliphatic rings. The van der Waals surface area contributed by atoms with Crippen molar-refractivity contribution in [1.82, 2.24) is 15.3 Å². The lowest BCUT2D eigenvalue weighted by Crippen LogP contribution is -2.36. The number of terminal acetylenes is 1. The number of ether oxygens (including phenoxy) is 4. The molecule has 234 valence electrons. The highest BCUT2D eigenvalue weighted by Crippen LogP contribution is 2.21. The normalized spacial score (nSPS) is 14.2. The second kappa shape index (κ2) is 22.3. The number of carbonyl (C=O) groups is 6. The Labute approximate surface area is 250 Å². The van der Waals surface area contributed by atoms with Crippen molar-refractivity contribution >= 4 is 47.3 Å². The van der Waals surface area contributed by atoms with Crippen LogP contribution in [0.2, 0.25) is 0 Å². The summed E-state index contributed by atoms with van der Waals surface area (Å²) in [6.45, 7) is 6.55. The highest BCUT2D eigenvalue weighted by Gasteiger charge is 2.28. The quantitative estimate of drug-likeness (QED) is 0.0831. The molecule has 1 N–H and O–H groups in total. The van der Waals surface area contributed by atoms with Gasteiger partial charge < -0.3 is 28.7 Å². The average Bonchev–Trinajstić information content (AvgIpc) is 3.49. The molecule has 0 unspecified atom stereocenters. The number of thiol groups is 1. The summed E-state index contributed by atoms with van der Waals surface area (Å²) in [5.74, 6) is 0.775. The van der Waals surface area contributed by atoms with Gasteiger partial charge in [0.25, 0.3) is 5.91 Å². The van der Waals surface area contributed by atoms with Gasteiger partial charge in [-0.2, -0.15) is 0 Å². The van der Waals surface area contributed by atoms with Crippen LogP contribution in [0.1, 0.15) is 44.9 Å². The summed E-state index contributed by atoms with van der Waals surface area (Å²) in [6.07, 6.45) is 6.44. The highest BCUT2D eigenvalue weighted by molar-refractivity contribution is 7.96. The van der Waals surface area contributed by atoms with Crippen molar-refractivity contribution in [2.75, 3.05) is 65.9 Å². The van der Waals surface area contributed by atoms with Crippen molar-refractivity contribution in [3.05, 3.63) is 12.3 Å². The Morgan fingerprint density at radius 1 is 0.833 bits per heavy atom. The summed E-state index contributed by atoms with van der Waals surface area (Å²) < 4.78 is 21.1. The first-order valence-corrected chi connectivity index (χ1v) is 13.9. The van der Waals surface area contributed by atoms with Gasteiger partial charge in [-0.3, -0.25) is 29.3 Å². The fourth-order valence-corrected chi connectivity index (χ4v) is 3.43. The average molecular weight is 614 g/mol. The molecule has 2 aliphatic heterocycles. The fourth-order valence-electron chi connectivity index (χ4n) is 3.33. The van der Waals surface area contributed by atoms with Crippen molar-refractivity contribution in [3.63, 3.8) is 0 Å². The van der Waals surface area contributed by atoms with E-state index in [4.69, 9.17) is 30.2 Å². The molecule has 0 aromatic rings. The molecule has 0 saturated carbocycles. The van der Waals surface area contributed by atoms with Crippen LogP contribution >= 0.6 is 12.6 Å². The Morgan fingerprint density at radius 2 is 1.38 bits per heavy atom. The third-order valence-electron chi connectivity index (χ3n) is 5.49. The Morgan fingerprint density at radius 3 is 1.86 bits per heavy atom. The van der Waals surface area contributed by atoms with Gasteiger partial charge in [-0.05, 0) is 6.42 Å². The maximum Gasteiger partial charge on any atom is 0.334 e.